The number of rotatable bonds is 1. The molecule has 1 heterocycles. The Kier molecular flexibility index (Phi) is 2.14. The number of benzene rings is 1. The Bertz CT molecular complexity index is 445. The van der Waals surface area contributed by atoms with Crippen LogP contribution in [0.15, 0.2) is 29.1 Å². The van der Waals surface area contributed by atoms with Crippen LogP contribution in [0.2, 0.25) is 0 Å². The fourth-order valence-corrected chi connectivity index (χ4v) is 1.40. The van der Waals surface area contributed by atoms with Crippen LogP contribution in [0.25, 0.3) is 10.9 Å². The first kappa shape index (κ1) is 8.44. The summed E-state index contributed by atoms with van der Waals surface area (Å²) < 4.78 is 5.68. The maximum Gasteiger partial charge on any atom is 0.197 e. The molecule has 0 radical (unpaired) electrons. The highest BCUT2D eigenvalue weighted by atomic mass is 79.9. The van der Waals surface area contributed by atoms with Crippen molar-refractivity contribution < 1.29 is 4.74 Å². The predicted molar refractivity (Wildman–Crippen MR) is 53.8 cm³/mol. The van der Waals surface area contributed by atoms with E-state index in [0.29, 0.717) is 4.73 Å². The monoisotopic (exact) mass is 238 g/mol. The number of aromatic nitrogens is 2. The summed E-state index contributed by atoms with van der Waals surface area (Å²) in [6.07, 6.45) is 1.77. The molecule has 0 aliphatic carbocycles. The molecule has 0 N–H and O–H groups in total. The molecule has 0 saturated carbocycles. The van der Waals surface area contributed by atoms with Crippen LogP contribution < -0.4 is 4.74 Å². The molecule has 66 valence electrons. The second-order valence-electron chi connectivity index (χ2n) is 2.56. The normalized spacial score (nSPS) is 10.3. The van der Waals surface area contributed by atoms with Gasteiger partial charge in [-0.1, -0.05) is 0 Å². The average molecular weight is 239 g/mol. The van der Waals surface area contributed by atoms with E-state index in [1.807, 2.05) is 18.2 Å². The molecule has 0 bridgehead atoms. The molecule has 4 heteroatoms. The van der Waals surface area contributed by atoms with Crippen molar-refractivity contribution >= 4 is 26.8 Å². The second kappa shape index (κ2) is 3.30. The van der Waals surface area contributed by atoms with Crippen LogP contribution in [0.5, 0.6) is 5.75 Å². The molecule has 0 spiro atoms. The molecule has 1 aromatic carbocycles. The third-order valence-electron chi connectivity index (χ3n) is 1.76. The molecule has 2 rings (SSSR count). The molecule has 13 heavy (non-hydrogen) atoms. The molecular weight excluding hydrogens is 232 g/mol. The zero-order chi connectivity index (χ0) is 9.26. The van der Waals surface area contributed by atoms with E-state index in [-0.39, 0.29) is 0 Å². The van der Waals surface area contributed by atoms with E-state index >= 15 is 0 Å². The third kappa shape index (κ3) is 1.62. The van der Waals surface area contributed by atoms with E-state index in [4.69, 9.17) is 4.74 Å². The minimum absolute atomic E-state index is 0.591. The highest BCUT2D eigenvalue weighted by molar-refractivity contribution is 9.10. The number of ether oxygens (including phenoxy) is 1. The summed E-state index contributed by atoms with van der Waals surface area (Å²) in [6, 6.07) is 5.70. The lowest BCUT2D eigenvalue weighted by Crippen LogP contribution is -1.86. The maximum absolute atomic E-state index is 5.09. The first-order valence-electron chi connectivity index (χ1n) is 3.76. The van der Waals surface area contributed by atoms with Crippen molar-refractivity contribution in [3.05, 3.63) is 29.1 Å². The molecular formula is C9H7BrN2O. The first-order chi connectivity index (χ1) is 6.29. The van der Waals surface area contributed by atoms with Crippen LogP contribution in [-0.2, 0) is 0 Å². The zero-order valence-corrected chi connectivity index (χ0v) is 8.58. The van der Waals surface area contributed by atoms with Crippen LogP contribution >= 0.6 is 15.9 Å². The van der Waals surface area contributed by atoms with Gasteiger partial charge in [0.25, 0.3) is 0 Å². The van der Waals surface area contributed by atoms with Crippen molar-refractivity contribution in [3.8, 4) is 5.75 Å². The molecule has 0 saturated heterocycles. The summed E-state index contributed by atoms with van der Waals surface area (Å²) in [6.45, 7) is 0. The molecule has 2 aromatic rings. The van der Waals surface area contributed by atoms with Gasteiger partial charge >= 0.3 is 0 Å². The number of nitrogens with zero attached hydrogens (tertiary/aromatic N) is 2. The summed E-state index contributed by atoms with van der Waals surface area (Å²) >= 11 is 3.22. The lowest BCUT2D eigenvalue weighted by atomic mass is 10.2. The topological polar surface area (TPSA) is 35.0 Å². The first-order valence-corrected chi connectivity index (χ1v) is 4.55. The SMILES string of the molecule is COc1ccc2cnc(Br)nc2c1. The van der Waals surface area contributed by atoms with Crippen LogP contribution in [-0.4, -0.2) is 17.1 Å². The van der Waals surface area contributed by atoms with Gasteiger partial charge in [-0.2, -0.15) is 0 Å². The fourth-order valence-electron chi connectivity index (χ4n) is 1.11. The Labute approximate surface area is 83.9 Å². The number of fused-ring (bicyclic) bond motifs is 1. The van der Waals surface area contributed by atoms with Crippen molar-refractivity contribution in [1.82, 2.24) is 9.97 Å². The van der Waals surface area contributed by atoms with Gasteiger partial charge in [0.2, 0.25) is 0 Å². The van der Waals surface area contributed by atoms with Gasteiger partial charge in [0, 0.05) is 17.6 Å². The average Bonchev–Trinajstić information content (AvgIpc) is 2.16. The van der Waals surface area contributed by atoms with Crippen molar-refractivity contribution in [3.63, 3.8) is 0 Å². The number of hydrogen-bond donors (Lipinski definition) is 0. The molecule has 0 unspecified atom stereocenters. The van der Waals surface area contributed by atoms with E-state index in [2.05, 4.69) is 25.9 Å². The Morgan fingerprint density at radius 2 is 2.23 bits per heavy atom. The van der Waals surface area contributed by atoms with E-state index in [0.717, 1.165) is 16.7 Å². The maximum atomic E-state index is 5.09. The standard InChI is InChI=1S/C9H7BrN2O/c1-13-7-3-2-6-5-11-9(10)12-8(6)4-7/h2-5H,1H3. The summed E-state index contributed by atoms with van der Waals surface area (Å²) in [5, 5.41) is 1.00. The van der Waals surface area contributed by atoms with Gasteiger partial charge in [0.1, 0.15) is 5.75 Å². The van der Waals surface area contributed by atoms with Crippen molar-refractivity contribution in [2.24, 2.45) is 0 Å². The molecule has 0 aliphatic heterocycles. The van der Waals surface area contributed by atoms with Gasteiger partial charge in [-0.15, -0.1) is 0 Å². The molecule has 0 amide bonds. The number of hydrogen-bond acceptors (Lipinski definition) is 3. The smallest absolute Gasteiger partial charge is 0.197 e. The van der Waals surface area contributed by atoms with Gasteiger partial charge in [-0.25, -0.2) is 9.97 Å². The Morgan fingerprint density at radius 1 is 1.38 bits per heavy atom. The van der Waals surface area contributed by atoms with Gasteiger partial charge in [-0.05, 0) is 28.1 Å². The number of methoxy groups -OCH3 is 1. The van der Waals surface area contributed by atoms with Crippen molar-refractivity contribution in [2.45, 2.75) is 0 Å². The molecule has 1 aromatic heterocycles. The lowest BCUT2D eigenvalue weighted by Gasteiger charge is -2.00. The van der Waals surface area contributed by atoms with E-state index in [9.17, 15) is 0 Å². The van der Waals surface area contributed by atoms with Crippen LogP contribution in [0.4, 0.5) is 0 Å². The van der Waals surface area contributed by atoms with Gasteiger partial charge in [0.05, 0.1) is 12.6 Å². The highest BCUT2D eigenvalue weighted by Crippen LogP contribution is 2.19. The van der Waals surface area contributed by atoms with E-state index in [1.165, 1.54) is 0 Å². The quantitative estimate of drug-likeness (QED) is 0.716. The summed E-state index contributed by atoms with van der Waals surface area (Å²) in [5.41, 5.74) is 0.876. The summed E-state index contributed by atoms with van der Waals surface area (Å²) in [7, 11) is 1.64. The fraction of sp³-hybridized carbons (Fsp3) is 0.111. The van der Waals surface area contributed by atoms with Crippen LogP contribution in [0, 0.1) is 0 Å². The molecule has 3 nitrogen and oxygen atoms in total. The molecule has 0 atom stereocenters. The van der Waals surface area contributed by atoms with Crippen molar-refractivity contribution in [1.29, 1.82) is 0 Å². The highest BCUT2D eigenvalue weighted by Gasteiger charge is 1.98. The lowest BCUT2D eigenvalue weighted by molar-refractivity contribution is 0.415. The van der Waals surface area contributed by atoms with Crippen LogP contribution in [0.3, 0.4) is 0 Å². The minimum Gasteiger partial charge on any atom is -0.497 e. The van der Waals surface area contributed by atoms with Crippen molar-refractivity contribution in [2.75, 3.05) is 7.11 Å². The van der Waals surface area contributed by atoms with Gasteiger partial charge < -0.3 is 4.74 Å². The summed E-state index contributed by atoms with van der Waals surface area (Å²) in [5.74, 6) is 0.804. The largest absolute Gasteiger partial charge is 0.497 e. The van der Waals surface area contributed by atoms with E-state index in [1.54, 1.807) is 13.3 Å². The van der Waals surface area contributed by atoms with Crippen LogP contribution in [0.1, 0.15) is 0 Å². The predicted octanol–water partition coefficient (Wildman–Crippen LogP) is 2.40. The van der Waals surface area contributed by atoms with Gasteiger partial charge in [0.15, 0.2) is 4.73 Å². The van der Waals surface area contributed by atoms with Gasteiger partial charge in [-0.3, -0.25) is 0 Å². The van der Waals surface area contributed by atoms with E-state index < -0.39 is 0 Å². The second-order valence-corrected chi connectivity index (χ2v) is 3.27. The Balaban J connectivity index is 2.68. The molecule has 0 fully saturated rings. The zero-order valence-electron chi connectivity index (χ0n) is 6.99. The summed E-state index contributed by atoms with van der Waals surface area (Å²) in [4.78, 5) is 8.24. The Morgan fingerprint density at radius 3 is 3.00 bits per heavy atom. The number of halogens is 1. The molecule has 0 aliphatic rings. The third-order valence-corrected chi connectivity index (χ3v) is 2.14. The Hall–Kier alpha value is -1.16. The minimum atomic E-state index is 0.591.